The third-order valence-electron chi connectivity index (χ3n) is 10.9. The van der Waals surface area contributed by atoms with Crippen LogP contribution in [0.4, 0.5) is 0 Å². The van der Waals surface area contributed by atoms with Crippen LogP contribution >= 0.6 is 17.2 Å². The Kier molecular flexibility index (Phi) is 59.5. The lowest BCUT2D eigenvalue weighted by atomic mass is 10.0. The summed E-state index contributed by atoms with van der Waals surface area (Å²) in [7, 11) is -0.523. The molecule has 0 saturated carbocycles. The quantitative estimate of drug-likeness (QED) is 0.0423. The summed E-state index contributed by atoms with van der Waals surface area (Å²) in [4.78, 5) is 0. The fourth-order valence-electron chi connectivity index (χ4n) is 7.55. The summed E-state index contributed by atoms with van der Waals surface area (Å²) in [5.74, 6) is 0. The van der Waals surface area contributed by atoms with Crippen LogP contribution in [0.1, 0.15) is 270 Å². The SMILES string of the molecule is CCCCCCCCCCCCCCCCCCCCCCCCCCCCCCCCCCCCCCCCCCC[P+](C)(C)C.[Br-].[Br-].[PH4+]. The first kappa shape index (κ1) is 58.5. The molecule has 4 heteroatoms. The highest BCUT2D eigenvalue weighted by Gasteiger charge is 2.15. The molecule has 0 radical (unpaired) electrons. The topological polar surface area (TPSA) is 0 Å². The van der Waals surface area contributed by atoms with E-state index in [4.69, 9.17) is 0 Å². The summed E-state index contributed by atoms with van der Waals surface area (Å²) < 4.78 is 0. The number of hydrogen-bond donors (Lipinski definition) is 0. The molecule has 0 aliphatic rings. The predicted molar refractivity (Wildman–Crippen MR) is 237 cm³/mol. The van der Waals surface area contributed by atoms with Crippen LogP contribution in [0.15, 0.2) is 0 Å². The molecule has 1 unspecified atom stereocenters. The summed E-state index contributed by atoms with van der Waals surface area (Å²) in [6.45, 7) is 9.77. The number of halogens is 2. The van der Waals surface area contributed by atoms with E-state index in [9.17, 15) is 0 Å². The maximum absolute atomic E-state index is 2.48. The highest BCUT2D eigenvalue weighted by atomic mass is 79.9. The molecule has 0 saturated heterocycles. The predicted octanol–water partition coefficient (Wildman–Crippen LogP) is 11.7. The van der Waals surface area contributed by atoms with Crippen molar-refractivity contribution in [2.24, 2.45) is 0 Å². The fourth-order valence-corrected chi connectivity index (χ4v) is 8.73. The Bertz CT molecular complexity index is 551. The molecule has 50 heavy (non-hydrogen) atoms. The molecular formula is C46H100Br2P2. The van der Waals surface area contributed by atoms with Gasteiger partial charge in [0.1, 0.15) is 0 Å². The second kappa shape index (κ2) is 50.8. The van der Waals surface area contributed by atoms with Crippen LogP contribution in [0.2, 0.25) is 0 Å². The van der Waals surface area contributed by atoms with Gasteiger partial charge in [0.2, 0.25) is 0 Å². The van der Waals surface area contributed by atoms with Gasteiger partial charge in [0.25, 0.3) is 0 Å². The lowest BCUT2D eigenvalue weighted by Gasteiger charge is -2.10. The largest absolute Gasteiger partial charge is 1.00 e. The van der Waals surface area contributed by atoms with Crippen molar-refractivity contribution < 1.29 is 34.0 Å². The molecule has 0 fully saturated rings. The van der Waals surface area contributed by atoms with Crippen molar-refractivity contribution in [2.75, 3.05) is 26.2 Å². The lowest BCUT2D eigenvalue weighted by molar-refractivity contribution is -0.001000. The maximum Gasteiger partial charge on any atom is 0.0586 e. The zero-order valence-corrected chi connectivity index (χ0v) is 42.0. The van der Waals surface area contributed by atoms with Crippen LogP contribution in [-0.2, 0) is 0 Å². The van der Waals surface area contributed by atoms with Gasteiger partial charge in [-0.3, -0.25) is 0 Å². The van der Waals surface area contributed by atoms with E-state index in [0.717, 1.165) is 0 Å². The molecule has 0 bridgehead atoms. The minimum absolute atomic E-state index is 0. The van der Waals surface area contributed by atoms with Crippen LogP contribution < -0.4 is 34.0 Å². The average molecular weight is 875 g/mol. The van der Waals surface area contributed by atoms with Gasteiger partial charge in [-0.2, -0.15) is 0 Å². The van der Waals surface area contributed by atoms with Crippen LogP contribution in [-0.4, -0.2) is 26.2 Å². The third kappa shape index (κ3) is 56.6. The summed E-state index contributed by atoms with van der Waals surface area (Å²) in [6.07, 6.45) is 62.6. The lowest BCUT2D eigenvalue weighted by Crippen LogP contribution is -3.00. The van der Waals surface area contributed by atoms with E-state index in [1.165, 1.54) is 269 Å². The highest BCUT2D eigenvalue weighted by Crippen LogP contribution is 2.47. The first-order valence-electron chi connectivity index (χ1n) is 22.9. The van der Waals surface area contributed by atoms with Gasteiger partial charge in [0.05, 0.1) is 6.16 Å². The van der Waals surface area contributed by atoms with E-state index in [1.807, 2.05) is 0 Å². The molecule has 0 aromatic rings. The molecule has 0 heterocycles. The molecular weight excluding hydrogens is 774 g/mol. The van der Waals surface area contributed by atoms with Gasteiger partial charge in [0.15, 0.2) is 0 Å². The smallest absolute Gasteiger partial charge is 0.0586 e. The molecule has 0 nitrogen and oxygen atoms in total. The summed E-state index contributed by atoms with van der Waals surface area (Å²) in [5, 5.41) is 0. The van der Waals surface area contributed by atoms with E-state index < -0.39 is 7.26 Å². The van der Waals surface area contributed by atoms with Crippen molar-refractivity contribution in [3.63, 3.8) is 0 Å². The first-order valence-corrected chi connectivity index (χ1v) is 26.2. The number of hydrogen-bond acceptors (Lipinski definition) is 0. The minimum Gasteiger partial charge on any atom is -1.00 e. The molecule has 0 aliphatic heterocycles. The Morgan fingerprint density at radius 2 is 0.340 bits per heavy atom. The maximum atomic E-state index is 2.48. The second-order valence-electron chi connectivity index (χ2n) is 17.2. The van der Waals surface area contributed by atoms with Gasteiger partial charge >= 0.3 is 0 Å². The normalized spacial score (nSPS) is 11.3. The molecule has 1 atom stereocenters. The van der Waals surface area contributed by atoms with E-state index in [-0.39, 0.29) is 43.9 Å². The van der Waals surface area contributed by atoms with E-state index in [0.29, 0.717) is 0 Å². The van der Waals surface area contributed by atoms with Crippen molar-refractivity contribution in [3.8, 4) is 0 Å². The average Bonchev–Trinajstić information content (AvgIpc) is 3.05. The van der Waals surface area contributed by atoms with Gasteiger partial charge in [-0.15, -0.1) is 0 Å². The van der Waals surface area contributed by atoms with Gasteiger partial charge in [-0.05, 0) is 22.7 Å². The van der Waals surface area contributed by atoms with Gasteiger partial charge in [0, 0.05) is 27.3 Å². The van der Waals surface area contributed by atoms with E-state index in [1.54, 1.807) is 0 Å². The molecule has 0 aromatic carbocycles. The van der Waals surface area contributed by atoms with E-state index >= 15 is 0 Å². The zero-order chi connectivity index (χ0) is 34.2. The standard InChI is InChI=1S/C46H96P.2BrH.H3P/c1-5-6-7-8-9-10-11-12-13-14-15-16-17-18-19-20-21-22-23-24-25-26-27-28-29-30-31-32-33-34-35-36-37-38-39-40-41-42-43-44-45-46-47(2,3)4;;;/h5-46H2,1-4H3;2*1H;1H3/q+1;;;/p-1. The molecule has 0 aromatic heterocycles. The van der Waals surface area contributed by atoms with Crippen molar-refractivity contribution in [1.29, 1.82) is 0 Å². The van der Waals surface area contributed by atoms with E-state index in [2.05, 4.69) is 26.9 Å². The summed E-state index contributed by atoms with van der Waals surface area (Å²) in [6, 6.07) is 0. The first-order chi connectivity index (χ1) is 23.1. The van der Waals surface area contributed by atoms with Gasteiger partial charge < -0.3 is 34.0 Å². The van der Waals surface area contributed by atoms with Gasteiger partial charge in [-0.25, -0.2) is 0 Å². The Balaban J connectivity index is -0.00000353. The van der Waals surface area contributed by atoms with Gasteiger partial charge in [-0.1, -0.05) is 257 Å². The number of rotatable bonds is 42. The van der Waals surface area contributed by atoms with Crippen molar-refractivity contribution >= 4 is 17.2 Å². The summed E-state index contributed by atoms with van der Waals surface area (Å²) in [5.41, 5.74) is 0. The van der Waals surface area contributed by atoms with Crippen LogP contribution in [0, 0.1) is 0 Å². The Hall–Kier alpha value is 1.82. The van der Waals surface area contributed by atoms with Crippen molar-refractivity contribution in [3.05, 3.63) is 0 Å². The molecule has 0 spiro atoms. The molecule has 308 valence electrons. The highest BCUT2D eigenvalue weighted by molar-refractivity contribution is 7.73. The molecule has 0 N–H and O–H groups in total. The zero-order valence-electron chi connectivity index (χ0n) is 35.9. The minimum atomic E-state index is -0.523. The Morgan fingerprint density at radius 1 is 0.220 bits per heavy atom. The monoisotopic (exact) mass is 873 g/mol. The van der Waals surface area contributed by atoms with Crippen LogP contribution in [0.3, 0.4) is 0 Å². The Morgan fingerprint density at radius 3 is 0.460 bits per heavy atom. The van der Waals surface area contributed by atoms with Crippen LogP contribution in [0.25, 0.3) is 0 Å². The Labute approximate surface area is 345 Å². The molecule has 0 aliphatic carbocycles. The second-order valence-corrected chi connectivity index (χ2v) is 22.2. The molecule has 0 amide bonds. The summed E-state index contributed by atoms with van der Waals surface area (Å²) >= 11 is 0. The van der Waals surface area contributed by atoms with Crippen molar-refractivity contribution in [2.45, 2.75) is 270 Å². The fraction of sp³-hybridized carbons (Fsp3) is 1.00. The molecule has 0 rings (SSSR count). The third-order valence-corrected chi connectivity index (χ3v) is 12.6. The van der Waals surface area contributed by atoms with Crippen LogP contribution in [0.5, 0.6) is 0 Å². The number of unbranched alkanes of at least 4 members (excludes halogenated alkanes) is 40. The van der Waals surface area contributed by atoms with Crippen molar-refractivity contribution in [1.82, 2.24) is 0 Å².